The van der Waals surface area contributed by atoms with Gasteiger partial charge >= 0.3 is 0 Å². The predicted octanol–water partition coefficient (Wildman–Crippen LogP) is 4.22. The van der Waals surface area contributed by atoms with Crippen molar-refractivity contribution in [1.29, 1.82) is 0 Å². The highest BCUT2D eigenvalue weighted by molar-refractivity contribution is 6.30. The van der Waals surface area contributed by atoms with Crippen LogP contribution in [-0.2, 0) is 6.54 Å². The molecule has 10 heteroatoms. The van der Waals surface area contributed by atoms with E-state index < -0.39 is 10.8 Å². The van der Waals surface area contributed by atoms with Crippen molar-refractivity contribution >= 4 is 28.9 Å². The maximum absolute atomic E-state index is 12.9. The Bertz CT molecular complexity index is 1110. The van der Waals surface area contributed by atoms with Crippen molar-refractivity contribution in [3.05, 3.63) is 69.1 Å². The van der Waals surface area contributed by atoms with Gasteiger partial charge in [-0.05, 0) is 37.5 Å². The summed E-state index contributed by atoms with van der Waals surface area (Å²) >= 11 is 5.99. The Balaban J connectivity index is 1.51. The van der Waals surface area contributed by atoms with Crippen molar-refractivity contribution in [1.82, 2.24) is 15.5 Å². The fourth-order valence-electron chi connectivity index (χ4n) is 3.55. The molecule has 1 N–H and O–H groups in total. The molecular formula is C21H20ClN5O4. The number of nitrogens with one attached hydrogen (secondary N) is 1. The van der Waals surface area contributed by atoms with Gasteiger partial charge in [0.1, 0.15) is 0 Å². The Labute approximate surface area is 183 Å². The zero-order valence-corrected chi connectivity index (χ0v) is 17.3. The standard InChI is InChI=1S/C21H20ClN5O4/c22-15-6-4-5-14(11-15)20-24-19(31-25-20)13-23-21(28)17-12-16(27(29)30)7-8-18(17)26-9-2-1-3-10-26/h4-8,11-12H,1-3,9-10,13H2,(H,23,28). The highest BCUT2D eigenvalue weighted by atomic mass is 35.5. The largest absolute Gasteiger partial charge is 0.371 e. The average molecular weight is 442 g/mol. The minimum absolute atomic E-state index is 0.00543. The number of hydrogen-bond acceptors (Lipinski definition) is 7. The summed E-state index contributed by atoms with van der Waals surface area (Å²) in [4.78, 5) is 30.0. The van der Waals surface area contributed by atoms with Gasteiger partial charge in [-0.15, -0.1) is 0 Å². The van der Waals surface area contributed by atoms with Crippen LogP contribution in [0.1, 0.15) is 35.5 Å². The number of carbonyl (C=O) groups is 1. The third-order valence-electron chi connectivity index (χ3n) is 5.08. The molecule has 9 nitrogen and oxygen atoms in total. The summed E-state index contributed by atoms with van der Waals surface area (Å²) in [5.74, 6) is 0.135. The molecule has 0 saturated carbocycles. The highest BCUT2D eigenvalue weighted by Gasteiger charge is 2.22. The molecule has 0 aliphatic carbocycles. The number of aromatic nitrogens is 2. The van der Waals surface area contributed by atoms with E-state index >= 15 is 0 Å². The lowest BCUT2D eigenvalue weighted by Gasteiger charge is -2.30. The number of non-ortho nitro benzene ring substituents is 1. The van der Waals surface area contributed by atoms with Crippen molar-refractivity contribution in [3.8, 4) is 11.4 Å². The lowest BCUT2D eigenvalue weighted by molar-refractivity contribution is -0.384. The second-order valence-corrected chi connectivity index (χ2v) is 7.65. The lowest BCUT2D eigenvalue weighted by Crippen LogP contribution is -2.32. The summed E-state index contributed by atoms with van der Waals surface area (Å²) in [7, 11) is 0. The molecule has 1 fully saturated rings. The molecule has 0 radical (unpaired) electrons. The van der Waals surface area contributed by atoms with Crippen molar-refractivity contribution in [2.75, 3.05) is 18.0 Å². The molecule has 0 bridgehead atoms. The first kappa shape index (κ1) is 20.8. The van der Waals surface area contributed by atoms with Crippen LogP contribution in [0.3, 0.4) is 0 Å². The van der Waals surface area contributed by atoms with Gasteiger partial charge in [-0.1, -0.05) is 28.9 Å². The van der Waals surface area contributed by atoms with E-state index in [9.17, 15) is 14.9 Å². The minimum Gasteiger partial charge on any atom is -0.371 e. The molecule has 1 amide bonds. The van der Waals surface area contributed by atoms with Gasteiger partial charge < -0.3 is 14.7 Å². The number of nitro benzene ring substituents is 1. The molecule has 1 saturated heterocycles. The number of halogens is 1. The maximum Gasteiger partial charge on any atom is 0.270 e. The van der Waals surface area contributed by atoms with Gasteiger partial charge in [-0.3, -0.25) is 14.9 Å². The van der Waals surface area contributed by atoms with E-state index in [0.29, 0.717) is 22.1 Å². The first-order valence-electron chi connectivity index (χ1n) is 9.91. The zero-order chi connectivity index (χ0) is 21.8. The summed E-state index contributed by atoms with van der Waals surface area (Å²) < 4.78 is 5.22. The third-order valence-corrected chi connectivity index (χ3v) is 5.32. The molecule has 4 rings (SSSR count). The molecular weight excluding hydrogens is 422 g/mol. The number of nitrogens with zero attached hydrogens (tertiary/aromatic N) is 4. The van der Waals surface area contributed by atoms with Crippen LogP contribution in [0.4, 0.5) is 11.4 Å². The maximum atomic E-state index is 12.9. The first-order valence-corrected chi connectivity index (χ1v) is 10.3. The van der Waals surface area contributed by atoms with E-state index in [2.05, 4.69) is 20.4 Å². The monoisotopic (exact) mass is 441 g/mol. The molecule has 160 valence electrons. The third kappa shape index (κ3) is 4.83. The van der Waals surface area contributed by atoms with Gasteiger partial charge in [-0.2, -0.15) is 4.98 Å². The SMILES string of the molecule is O=C(NCc1nc(-c2cccc(Cl)c2)no1)c1cc([N+](=O)[O-])ccc1N1CCCCC1. The van der Waals surface area contributed by atoms with Crippen LogP contribution in [0.15, 0.2) is 47.0 Å². The lowest BCUT2D eigenvalue weighted by atomic mass is 10.1. The predicted molar refractivity (Wildman–Crippen MR) is 115 cm³/mol. The van der Waals surface area contributed by atoms with E-state index in [4.69, 9.17) is 16.1 Å². The van der Waals surface area contributed by atoms with Crippen LogP contribution >= 0.6 is 11.6 Å². The number of benzene rings is 2. The normalized spacial score (nSPS) is 13.8. The zero-order valence-electron chi connectivity index (χ0n) is 16.6. The molecule has 0 atom stereocenters. The molecule has 2 aromatic carbocycles. The van der Waals surface area contributed by atoms with Crippen LogP contribution < -0.4 is 10.2 Å². The summed E-state index contributed by atoms with van der Waals surface area (Å²) in [6, 6.07) is 11.4. The van der Waals surface area contributed by atoms with Gasteiger partial charge in [0.25, 0.3) is 11.6 Å². The molecule has 2 heterocycles. The summed E-state index contributed by atoms with van der Waals surface area (Å²) in [5.41, 5.74) is 1.51. The van der Waals surface area contributed by atoms with Crippen LogP contribution in [0.2, 0.25) is 5.02 Å². The van der Waals surface area contributed by atoms with Gasteiger partial charge in [-0.25, -0.2) is 0 Å². The van der Waals surface area contributed by atoms with Crippen molar-refractivity contribution in [2.24, 2.45) is 0 Å². The molecule has 1 aliphatic rings. The van der Waals surface area contributed by atoms with Crippen LogP contribution in [0, 0.1) is 10.1 Å². The number of carbonyl (C=O) groups excluding carboxylic acids is 1. The van der Waals surface area contributed by atoms with E-state index in [1.54, 1.807) is 30.3 Å². The quantitative estimate of drug-likeness (QED) is 0.449. The van der Waals surface area contributed by atoms with E-state index in [1.807, 2.05) is 0 Å². The number of amides is 1. The Morgan fingerprint density at radius 3 is 2.74 bits per heavy atom. The van der Waals surface area contributed by atoms with Gasteiger partial charge in [0, 0.05) is 35.8 Å². The van der Waals surface area contributed by atoms with Crippen LogP contribution in [0.5, 0.6) is 0 Å². The topological polar surface area (TPSA) is 114 Å². The Morgan fingerprint density at radius 1 is 1.19 bits per heavy atom. The Kier molecular flexibility index (Phi) is 6.13. The molecule has 0 spiro atoms. The second-order valence-electron chi connectivity index (χ2n) is 7.21. The van der Waals surface area contributed by atoms with Crippen molar-refractivity contribution in [3.63, 3.8) is 0 Å². The Morgan fingerprint density at radius 2 is 2.00 bits per heavy atom. The average Bonchev–Trinajstić information content (AvgIpc) is 3.27. The molecule has 31 heavy (non-hydrogen) atoms. The number of hydrogen-bond donors (Lipinski definition) is 1. The molecule has 0 unspecified atom stereocenters. The van der Waals surface area contributed by atoms with Crippen molar-refractivity contribution in [2.45, 2.75) is 25.8 Å². The molecule has 3 aromatic rings. The van der Waals surface area contributed by atoms with E-state index in [1.165, 1.54) is 12.1 Å². The molecule has 1 aliphatic heterocycles. The summed E-state index contributed by atoms with van der Waals surface area (Å²) in [6.07, 6.45) is 3.18. The summed E-state index contributed by atoms with van der Waals surface area (Å²) in [5, 5.41) is 18.4. The summed E-state index contributed by atoms with van der Waals surface area (Å²) in [6.45, 7) is 1.62. The van der Waals surface area contributed by atoms with E-state index in [0.717, 1.165) is 32.4 Å². The fraction of sp³-hybridized carbons (Fsp3) is 0.286. The second kappa shape index (κ2) is 9.13. The number of nitro groups is 1. The number of rotatable bonds is 6. The Hall–Kier alpha value is -3.46. The molecule has 1 aromatic heterocycles. The van der Waals surface area contributed by atoms with Gasteiger partial charge in [0.2, 0.25) is 11.7 Å². The van der Waals surface area contributed by atoms with Crippen molar-refractivity contribution < 1.29 is 14.2 Å². The number of piperidine rings is 1. The fourth-order valence-corrected chi connectivity index (χ4v) is 3.74. The first-order chi connectivity index (χ1) is 15.0. The van der Waals surface area contributed by atoms with E-state index in [-0.39, 0.29) is 23.7 Å². The number of anilines is 1. The minimum atomic E-state index is -0.508. The van der Waals surface area contributed by atoms with Gasteiger partial charge in [0.05, 0.1) is 22.7 Å². The van der Waals surface area contributed by atoms with Crippen LogP contribution in [-0.4, -0.2) is 34.1 Å². The van der Waals surface area contributed by atoms with Crippen LogP contribution in [0.25, 0.3) is 11.4 Å². The van der Waals surface area contributed by atoms with Gasteiger partial charge in [0.15, 0.2) is 0 Å². The smallest absolute Gasteiger partial charge is 0.270 e. The highest BCUT2D eigenvalue weighted by Crippen LogP contribution is 2.28.